The maximum atomic E-state index is 13.5. The van der Waals surface area contributed by atoms with E-state index in [4.69, 9.17) is 13.8 Å². The Labute approximate surface area is 427 Å². The summed E-state index contributed by atoms with van der Waals surface area (Å²) in [4.78, 5) is 37.6. The number of hydrogen-bond acceptors (Lipinski definition) is 6. The molecule has 0 bridgehead atoms. The SMILES string of the molecule is CCCCCCCC/C=C/CCCCCCCCCC(=O)OC(/C=C/CCCCCCCCCCCC)C(COP(=O)(O)OCC[N+](C)(C)C)NC(=O)CCCCC/C=C\CCCCCCCCC. The summed E-state index contributed by atoms with van der Waals surface area (Å²) in [6.07, 6.45) is 58.5. The molecular formula is C59H114N2O7P+. The van der Waals surface area contributed by atoms with Crippen molar-refractivity contribution in [3.63, 3.8) is 0 Å². The standard InChI is InChI=1S/C59H113N2O7P/c1-7-10-13-16-19-22-25-28-30-31-32-34-37-40-43-46-49-52-59(63)68-57(50-47-44-41-38-35-27-24-21-18-15-12-9-3)56(55-67-69(64,65)66-54-53-61(4,5)6)60-58(62)51-48-45-42-39-36-33-29-26-23-20-17-14-11-8-2/h28,30,33,36,47,50,56-57H,7-27,29,31-32,34-35,37-46,48-49,51-55H2,1-6H3,(H-,60,62,64,65)/p+1/b30-28+,36-33-,50-47+. The molecule has 1 amide bonds. The lowest BCUT2D eigenvalue weighted by Gasteiger charge is -2.27. The minimum atomic E-state index is -4.44. The van der Waals surface area contributed by atoms with E-state index < -0.39 is 20.0 Å². The summed E-state index contributed by atoms with van der Waals surface area (Å²) < 4.78 is 30.6. The van der Waals surface area contributed by atoms with Gasteiger partial charge in [-0.25, -0.2) is 4.57 Å². The molecule has 0 radical (unpaired) electrons. The summed E-state index contributed by atoms with van der Waals surface area (Å²) >= 11 is 0. The Balaban J connectivity index is 5.34. The molecule has 0 aliphatic carbocycles. The number of allylic oxidation sites excluding steroid dienone is 5. The van der Waals surface area contributed by atoms with Crippen molar-refractivity contribution < 1.29 is 37.3 Å². The van der Waals surface area contributed by atoms with Gasteiger partial charge in [-0.2, -0.15) is 0 Å². The van der Waals surface area contributed by atoms with Gasteiger partial charge in [-0.05, 0) is 83.1 Å². The van der Waals surface area contributed by atoms with E-state index in [2.05, 4.69) is 50.4 Å². The molecule has 9 nitrogen and oxygen atoms in total. The quantitative estimate of drug-likeness (QED) is 0.0205. The molecule has 10 heteroatoms. The molecule has 3 unspecified atom stereocenters. The van der Waals surface area contributed by atoms with Gasteiger partial charge in [-0.3, -0.25) is 18.6 Å². The minimum absolute atomic E-state index is 0.0382. The Kier molecular flexibility index (Phi) is 48.5. The van der Waals surface area contributed by atoms with Crippen LogP contribution in [0.3, 0.4) is 0 Å². The largest absolute Gasteiger partial charge is 0.472 e. The number of likely N-dealkylation sites (N-methyl/N-ethyl adjacent to an activating group) is 1. The zero-order valence-corrected chi connectivity index (χ0v) is 47.2. The van der Waals surface area contributed by atoms with E-state index in [9.17, 15) is 19.0 Å². The summed E-state index contributed by atoms with van der Waals surface area (Å²) in [6, 6.07) is -0.854. The van der Waals surface area contributed by atoms with Gasteiger partial charge in [0.05, 0.1) is 33.8 Å². The van der Waals surface area contributed by atoms with Gasteiger partial charge in [0.15, 0.2) is 0 Å². The van der Waals surface area contributed by atoms with Crippen molar-refractivity contribution in [1.29, 1.82) is 0 Å². The van der Waals surface area contributed by atoms with Crippen LogP contribution in [0.5, 0.6) is 0 Å². The van der Waals surface area contributed by atoms with Crippen LogP contribution in [-0.4, -0.2) is 74.3 Å². The number of carbonyl (C=O) groups excluding carboxylic acids is 2. The highest BCUT2D eigenvalue weighted by atomic mass is 31.2. The number of phosphoric ester groups is 1. The van der Waals surface area contributed by atoms with Crippen LogP contribution in [0.15, 0.2) is 36.5 Å². The van der Waals surface area contributed by atoms with Crippen LogP contribution < -0.4 is 5.32 Å². The second kappa shape index (κ2) is 49.8. The topological polar surface area (TPSA) is 111 Å². The number of amides is 1. The summed E-state index contributed by atoms with van der Waals surface area (Å²) in [7, 11) is 1.49. The first-order chi connectivity index (χ1) is 33.4. The van der Waals surface area contributed by atoms with Crippen LogP contribution in [-0.2, 0) is 27.9 Å². The first-order valence-electron chi connectivity index (χ1n) is 29.3. The number of nitrogens with one attached hydrogen (secondary N) is 1. The minimum Gasteiger partial charge on any atom is -0.456 e. The fourth-order valence-electron chi connectivity index (χ4n) is 8.46. The van der Waals surface area contributed by atoms with E-state index in [0.717, 1.165) is 70.6 Å². The number of quaternary nitrogens is 1. The van der Waals surface area contributed by atoms with Crippen molar-refractivity contribution in [2.45, 2.75) is 290 Å². The number of esters is 1. The molecule has 0 aromatic carbocycles. The predicted molar refractivity (Wildman–Crippen MR) is 296 cm³/mol. The van der Waals surface area contributed by atoms with Crippen molar-refractivity contribution in [2.75, 3.05) is 40.9 Å². The molecule has 0 aromatic rings. The maximum absolute atomic E-state index is 13.5. The zero-order valence-electron chi connectivity index (χ0n) is 46.3. The van der Waals surface area contributed by atoms with Crippen molar-refractivity contribution in [3.8, 4) is 0 Å². The van der Waals surface area contributed by atoms with E-state index in [0.29, 0.717) is 17.4 Å². The highest BCUT2D eigenvalue weighted by molar-refractivity contribution is 7.47. The van der Waals surface area contributed by atoms with E-state index in [-0.39, 0.29) is 31.5 Å². The smallest absolute Gasteiger partial charge is 0.456 e. The number of ether oxygens (including phenoxy) is 1. The van der Waals surface area contributed by atoms with Gasteiger partial charge in [0.25, 0.3) is 0 Å². The second-order valence-electron chi connectivity index (χ2n) is 21.2. The molecular weight excluding hydrogens is 880 g/mol. The highest BCUT2D eigenvalue weighted by Gasteiger charge is 2.30. The van der Waals surface area contributed by atoms with E-state index >= 15 is 0 Å². The van der Waals surface area contributed by atoms with Gasteiger partial charge >= 0.3 is 13.8 Å². The lowest BCUT2D eigenvalue weighted by atomic mass is 10.0. The van der Waals surface area contributed by atoms with Crippen molar-refractivity contribution in [3.05, 3.63) is 36.5 Å². The van der Waals surface area contributed by atoms with E-state index in [1.165, 1.54) is 173 Å². The van der Waals surface area contributed by atoms with Crippen molar-refractivity contribution in [2.24, 2.45) is 0 Å². The average Bonchev–Trinajstić information content (AvgIpc) is 3.31. The molecule has 0 saturated heterocycles. The van der Waals surface area contributed by atoms with Gasteiger partial charge in [0, 0.05) is 12.8 Å². The molecule has 0 fully saturated rings. The van der Waals surface area contributed by atoms with Crippen LogP contribution in [0.25, 0.3) is 0 Å². The normalized spacial score (nSPS) is 14.0. The van der Waals surface area contributed by atoms with Gasteiger partial charge in [-0.1, -0.05) is 218 Å². The zero-order chi connectivity index (χ0) is 50.8. The summed E-state index contributed by atoms with van der Waals surface area (Å²) in [5.74, 6) is -0.521. The lowest BCUT2D eigenvalue weighted by molar-refractivity contribution is -0.870. The Bertz CT molecular complexity index is 1280. The van der Waals surface area contributed by atoms with Crippen LogP contribution in [0.4, 0.5) is 0 Å². The Morgan fingerprint density at radius 3 is 1.25 bits per heavy atom. The molecule has 406 valence electrons. The monoisotopic (exact) mass is 994 g/mol. The van der Waals surface area contributed by atoms with Gasteiger partial charge in [0.1, 0.15) is 19.3 Å². The summed E-state index contributed by atoms with van der Waals surface area (Å²) in [6.45, 7) is 7.00. The molecule has 69 heavy (non-hydrogen) atoms. The Morgan fingerprint density at radius 2 is 0.841 bits per heavy atom. The highest BCUT2D eigenvalue weighted by Crippen LogP contribution is 2.43. The van der Waals surface area contributed by atoms with E-state index in [1.807, 2.05) is 33.3 Å². The van der Waals surface area contributed by atoms with Gasteiger partial charge in [-0.15, -0.1) is 0 Å². The fraction of sp³-hybridized carbons (Fsp3) is 0.864. The summed E-state index contributed by atoms with van der Waals surface area (Å²) in [5.41, 5.74) is 0. The summed E-state index contributed by atoms with van der Waals surface area (Å²) in [5, 5.41) is 3.04. The number of unbranched alkanes of at least 4 members (excludes halogenated alkanes) is 33. The number of nitrogens with zero attached hydrogens (tertiary/aromatic N) is 1. The molecule has 0 spiro atoms. The lowest BCUT2D eigenvalue weighted by Crippen LogP contribution is -2.47. The predicted octanol–water partition coefficient (Wildman–Crippen LogP) is 17.6. The van der Waals surface area contributed by atoms with Crippen LogP contribution in [0.1, 0.15) is 278 Å². The van der Waals surface area contributed by atoms with Crippen LogP contribution >= 0.6 is 7.82 Å². The first kappa shape index (κ1) is 67.2. The Hall–Kier alpha value is -1.77. The molecule has 0 aromatic heterocycles. The van der Waals surface area contributed by atoms with Gasteiger partial charge in [0.2, 0.25) is 5.91 Å². The third-order valence-corrected chi connectivity index (χ3v) is 14.0. The Morgan fingerprint density at radius 1 is 0.493 bits per heavy atom. The maximum Gasteiger partial charge on any atom is 0.472 e. The van der Waals surface area contributed by atoms with Gasteiger partial charge < -0.3 is 19.4 Å². The molecule has 0 rings (SSSR count). The molecule has 0 aliphatic rings. The van der Waals surface area contributed by atoms with Crippen molar-refractivity contribution >= 4 is 19.7 Å². The molecule has 3 atom stereocenters. The molecule has 0 aliphatic heterocycles. The first-order valence-corrected chi connectivity index (χ1v) is 30.8. The number of rotatable bonds is 53. The van der Waals surface area contributed by atoms with Crippen LogP contribution in [0, 0.1) is 0 Å². The number of hydrogen-bond donors (Lipinski definition) is 2. The molecule has 0 saturated carbocycles. The number of phosphoric acid groups is 1. The third-order valence-electron chi connectivity index (χ3n) is 13.1. The third kappa shape index (κ3) is 51.0. The fourth-order valence-corrected chi connectivity index (χ4v) is 9.19. The van der Waals surface area contributed by atoms with Crippen LogP contribution in [0.2, 0.25) is 0 Å². The average molecular weight is 995 g/mol. The van der Waals surface area contributed by atoms with Crippen molar-refractivity contribution in [1.82, 2.24) is 5.32 Å². The molecule has 0 heterocycles. The second-order valence-corrected chi connectivity index (χ2v) is 22.6. The molecule has 2 N–H and O–H groups in total. The van der Waals surface area contributed by atoms with E-state index in [1.54, 1.807) is 0 Å². The number of carbonyl (C=O) groups is 2.